The summed E-state index contributed by atoms with van der Waals surface area (Å²) in [4.78, 5) is 27.3. The number of carbonyl (C=O) groups is 2. The molecule has 1 heterocycles. The van der Waals surface area contributed by atoms with Crippen molar-refractivity contribution in [2.24, 2.45) is 5.92 Å². The van der Waals surface area contributed by atoms with Crippen LogP contribution in [0.3, 0.4) is 0 Å². The number of hydrogen-bond acceptors (Lipinski definition) is 6. The third-order valence-corrected chi connectivity index (χ3v) is 10.3. The maximum absolute atomic E-state index is 14.0. The summed E-state index contributed by atoms with van der Waals surface area (Å²) in [6.45, 7) is 7.40. The Morgan fingerprint density at radius 3 is 2.54 bits per heavy atom. The number of benzene rings is 2. The second-order valence-electron chi connectivity index (χ2n) is 9.93. The quantitative estimate of drug-likeness (QED) is 0.343. The molecule has 0 bridgehead atoms. The third kappa shape index (κ3) is 5.42. The molecular formula is C28H34O5S2. The Hall–Kier alpha value is -1.96. The molecule has 2 aliphatic rings. The van der Waals surface area contributed by atoms with Gasteiger partial charge in [-0.2, -0.15) is 11.8 Å². The summed E-state index contributed by atoms with van der Waals surface area (Å²) in [5, 5.41) is -0.0915. The van der Waals surface area contributed by atoms with Crippen LogP contribution in [-0.2, 0) is 25.1 Å². The number of rotatable bonds is 7. The molecular weight excluding hydrogens is 480 g/mol. The first-order valence-corrected chi connectivity index (χ1v) is 15.0. The predicted octanol–water partition coefficient (Wildman–Crippen LogP) is 5.80. The van der Waals surface area contributed by atoms with Crippen molar-refractivity contribution in [3.05, 3.63) is 64.2 Å². The molecule has 1 aliphatic heterocycles. The molecule has 0 N–H and O–H groups in total. The number of Topliss-reactive ketones (excluding diaryl/α,β-unsaturated/α-hetero) is 2. The number of hydrogen-bond donors (Lipinski definition) is 0. The maximum Gasteiger partial charge on any atom is 0.179 e. The van der Waals surface area contributed by atoms with E-state index in [-0.39, 0.29) is 34.8 Å². The highest BCUT2D eigenvalue weighted by Crippen LogP contribution is 2.42. The van der Waals surface area contributed by atoms with Crippen molar-refractivity contribution >= 4 is 33.2 Å². The third-order valence-electron chi connectivity index (χ3n) is 6.98. The summed E-state index contributed by atoms with van der Waals surface area (Å²) in [6.07, 6.45) is 1.92. The lowest BCUT2D eigenvalue weighted by atomic mass is 9.80. The first kappa shape index (κ1) is 26.1. The summed E-state index contributed by atoms with van der Waals surface area (Å²) >= 11 is 1.67. The van der Waals surface area contributed by atoms with E-state index in [1.165, 1.54) is 5.56 Å². The molecule has 35 heavy (non-hydrogen) atoms. The second-order valence-corrected chi connectivity index (χ2v) is 13.2. The Morgan fingerprint density at radius 1 is 1.14 bits per heavy atom. The van der Waals surface area contributed by atoms with Gasteiger partial charge in [0.05, 0.1) is 28.8 Å². The van der Waals surface area contributed by atoms with E-state index < -0.39 is 15.8 Å². The van der Waals surface area contributed by atoms with Crippen LogP contribution in [0.5, 0.6) is 0 Å². The van der Waals surface area contributed by atoms with Gasteiger partial charge in [0, 0.05) is 28.6 Å². The van der Waals surface area contributed by atoms with E-state index in [1.807, 2.05) is 39.0 Å². The molecule has 3 unspecified atom stereocenters. The number of carbonyl (C=O) groups excluding carboxylic acids is 2. The minimum absolute atomic E-state index is 0.0100. The minimum Gasteiger partial charge on any atom is -0.371 e. The fourth-order valence-corrected chi connectivity index (χ4v) is 8.69. The van der Waals surface area contributed by atoms with Crippen molar-refractivity contribution in [2.75, 3.05) is 5.75 Å². The van der Waals surface area contributed by atoms with Crippen LogP contribution in [0.25, 0.3) is 0 Å². The molecule has 2 aromatic rings. The van der Waals surface area contributed by atoms with Gasteiger partial charge in [-0.05, 0) is 69.7 Å². The van der Waals surface area contributed by atoms with E-state index in [9.17, 15) is 18.0 Å². The first-order valence-electron chi connectivity index (χ1n) is 12.3. The largest absolute Gasteiger partial charge is 0.371 e. The number of ketones is 2. The molecule has 1 saturated carbocycles. The van der Waals surface area contributed by atoms with Gasteiger partial charge >= 0.3 is 0 Å². The van der Waals surface area contributed by atoms with E-state index in [2.05, 4.69) is 12.1 Å². The summed E-state index contributed by atoms with van der Waals surface area (Å²) in [6, 6.07) is 11.8. The van der Waals surface area contributed by atoms with E-state index in [1.54, 1.807) is 24.8 Å². The Kier molecular flexibility index (Phi) is 7.89. The monoisotopic (exact) mass is 514 g/mol. The molecule has 2 aromatic carbocycles. The molecule has 188 valence electrons. The highest BCUT2D eigenvalue weighted by molar-refractivity contribution is 7.99. The Bertz CT molecular complexity index is 1220. The number of aryl methyl sites for hydroxylation is 1. The fraction of sp³-hybridized carbons (Fsp3) is 0.500. The molecule has 1 fully saturated rings. The molecule has 3 atom stereocenters. The van der Waals surface area contributed by atoms with Gasteiger partial charge in [0.15, 0.2) is 15.6 Å². The summed E-state index contributed by atoms with van der Waals surface area (Å²) in [5.74, 6) is -0.130. The van der Waals surface area contributed by atoms with E-state index in [0.717, 1.165) is 18.6 Å². The van der Waals surface area contributed by atoms with Crippen molar-refractivity contribution in [2.45, 2.75) is 81.5 Å². The van der Waals surface area contributed by atoms with Gasteiger partial charge < -0.3 is 4.74 Å². The summed E-state index contributed by atoms with van der Waals surface area (Å²) in [5.41, 5.74) is 3.42. The predicted molar refractivity (Wildman–Crippen MR) is 140 cm³/mol. The van der Waals surface area contributed by atoms with Gasteiger partial charge in [-0.3, -0.25) is 9.59 Å². The van der Waals surface area contributed by atoms with Crippen LogP contribution < -0.4 is 0 Å². The lowest BCUT2D eigenvalue weighted by molar-refractivity contribution is -0.122. The minimum atomic E-state index is -3.45. The Balaban J connectivity index is 1.72. The van der Waals surface area contributed by atoms with Gasteiger partial charge in [0.2, 0.25) is 0 Å². The summed E-state index contributed by atoms with van der Waals surface area (Å²) in [7, 11) is -3.45. The molecule has 5 nitrogen and oxygen atoms in total. The van der Waals surface area contributed by atoms with Crippen LogP contribution in [0.15, 0.2) is 41.3 Å². The molecule has 1 aliphatic carbocycles. The van der Waals surface area contributed by atoms with Crippen LogP contribution >= 0.6 is 11.8 Å². The lowest BCUT2D eigenvalue weighted by Gasteiger charge is -2.33. The molecule has 0 aromatic heterocycles. The SMILES string of the molecule is Cc1cc(C(=O)C2C(=O)CCCC2SCc2ccccc2)c(C)c2c1S(=O)(=O)CCC2OC(C)C. The van der Waals surface area contributed by atoms with Crippen molar-refractivity contribution in [1.82, 2.24) is 0 Å². The average Bonchev–Trinajstić information content (AvgIpc) is 2.81. The molecule has 0 amide bonds. The number of thioether (sulfide) groups is 1. The smallest absolute Gasteiger partial charge is 0.179 e. The van der Waals surface area contributed by atoms with Gasteiger partial charge in [-0.15, -0.1) is 0 Å². The molecule has 0 radical (unpaired) electrons. The molecule has 0 saturated heterocycles. The van der Waals surface area contributed by atoms with Crippen LogP contribution in [-0.4, -0.2) is 37.1 Å². The number of sulfone groups is 1. The lowest BCUT2D eigenvalue weighted by Crippen LogP contribution is -2.38. The van der Waals surface area contributed by atoms with Crippen molar-refractivity contribution in [3.63, 3.8) is 0 Å². The number of ether oxygens (including phenoxy) is 1. The highest BCUT2D eigenvalue weighted by atomic mass is 32.2. The van der Waals surface area contributed by atoms with E-state index in [0.29, 0.717) is 40.0 Å². The van der Waals surface area contributed by atoms with E-state index >= 15 is 0 Å². The zero-order valence-corrected chi connectivity index (χ0v) is 22.5. The van der Waals surface area contributed by atoms with Gasteiger partial charge in [-0.25, -0.2) is 8.42 Å². The van der Waals surface area contributed by atoms with Crippen LogP contribution in [0.4, 0.5) is 0 Å². The van der Waals surface area contributed by atoms with Crippen molar-refractivity contribution < 1.29 is 22.7 Å². The maximum atomic E-state index is 14.0. The first-order chi connectivity index (χ1) is 16.6. The Labute approximate surface area is 213 Å². The van der Waals surface area contributed by atoms with Crippen LogP contribution in [0.1, 0.15) is 78.2 Å². The zero-order chi connectivity index (χ0) is 25.3. The van der Waals surface area contributed by atoms with Gasteiger partial charge in [-0.1, -0.05) is 30.3 Å². The molecule has 7 heteroatoms. The van der Waals surface area contributed by atoms with Crippen molar-refractivity contribution in [1.29, 1.82) is 0 Å². The topological polar surface area (TPSA) is 77.5 Å². The van der Waals surface area contributed by atoms with E-state index in [4.69, 9.17) is 4.74 Å². The fourth-order valence-electron chi connectivity index (χ4n) is 5.39. The molecule has 4 rings (SSSR count). The second kappa shape index (κ2) is 10.6. The van der Waals surface area contributed by atoms with Crippen molar-refractivity contribution in [3.8, 4) is 0 Å². The van der Waals surface area contributed by atoms with Gasteiger partial charge in [0.25, 0.3) is 0 Å². The Morgan fingerprint density at radius 2 is 1.86 bits per heavy atom. The zero-order valence-electron chi connectivity index (χ0n) is 20.9. The molecule has 0 spiro atoms. The van der Waals surface area contributed by atoms with Crippen LogP contribution in [0, 0.1) is 19.8 Å². The standard InChI is InChI=1S/C28H34O5S2/c1-17(2)33-23-13-14-35(31,32)28-18(3)15-21(19(4)25(23)28)27(30)26-22(29)11-8-12-24(26)34-16-20-9-6-5-7-10-20/h5-7,9-10,15,17,23-24,26H,8,11-14,16H2,1-4H3. The summed E-state index contributed by atoms with van der Waals surface area (Å²) < 4.78 is 32.1. The van der Waals surface area contributed by atoms with Crippen LogP contribution in [0.2, 0.25) is 0 Å². The highest BCUT2D eigenvalue weighted by Gasteiger charge is 2.41. The normalized spacial score (nSPS) is 23.8. The number of fused-ring (bicyclic) bond motifs is 1. The van der Waals surface area contributed by atoms with Gasteiger partial charge in [0.1, 0.15) is 5.78 Å². The average molecular weight is 515 g/mol.